The van der Waals surface area contributed by atoms with Crippen molar-refractivity contribution in [3.05, 3.63) is 40.0 Å². The summed E-state index contributed by atoms with van der Waals surface area (Å²) >= 11 is 1.70. The van der Waals surface area contributed by atoms with E-state index >= 15 is 0 Å². The Morgan fingerprint density at radius 2 is 1.97 bits per heavy atom. The molecule has 7 nitrogen and oxygen atoms in total. The second-order valence-corrected chi connectivity index (χ2v) is 8.42. The van der Waals surface area contributed by atoms with E-state index in [4.69, 9.17) is 4.74 Å². The Hall–Kier alpha value is -1.46. The highest BCUT2D eigenvalue weighted by atomic mass is 127. The summed E-state index contributed by atoms with van der Waals surface area (Å²) in [5.41, 5.74) is 1.08. The number of ether oxygens (including phenoxy) is 1. The van der Waals surface area contributed by atoms with Crippen molar-refractivity contribution in [3.8, 4) is 0 Å². The minimum atomic E-state index is 0. The molecule has 0 saturated carbocycles. The fraction of sp³-hybridized carbons (Fsp3) is 0.550. The number of pyridine rings is 1. The maximum absolute atomic E-state index is 5.80. The molecule has 160 valence electrons. The van der Waals surface area contributed by atoms with Gasteiger partial charge in [-0.1, -0.05) is 6.07 Å². The van der Waals surface area contributed by atoms with Gasteiger partial charge < -0.3 is 20.3 Å². The number of thiazole rings is 1. The molecule has 1 aliphatic rings. The number of rotatable bonds is 6. The van der Waals surface area contributed by atoms with Crippen molar-refractivity contribution < 1.29 is 4.74 Å². The number of halogens is 1. The summed E-state index contributed by atoms with van der Waals surface area (Å²) in [6, 6.07) is 4.18. The maximum atomic E-state index is 5.80. The minimum Gasteiger partial charge on any atom is -0.372 e. The van der Waals surface area contributed by atoms with E-state index in [0.717, 1.165) is 42.0 Å². The van der Waals surface area contributed by atoms with Crippen molar-refractivity contribution in [3.63, 3.8) is 0 Å². The summed E-state index contributed by atoms with van der Waals surface area (Å²) in [6.07, 6.45) is 4.27. The van der Waals surface area contributed by atoms with Crippen LogP contribution in [0.3, 0.4) is 0 Å². The number of guanidine groups is 1. The van der Waals surface area contributed by atoms with Gasteiger partial charge in [0.05, 0.1) is 25.3 Å². The summed E-state index contributed by atoms with van der Waals surface area (Å²) in [4.78, 5) is 17.2. The van der Waals surface area contributed by atoms with Gasteiger partial charge in [-0.25, -0.2) is 15.0 Å². The van der Waals surface area contributed by atoms with Crippen molar-refractivity contribution in [1.29, 1.82) is 0 Å². The maximum Gasteiger partial charge on any atom is 0.191 e. The van der Waals surface area contributed by atoms with Crippen molar-refractivity contribution in [2.45, 2.75) is 53.0 Å². The third kappa shape index (κ3) is 7.38. The van der Waals surface area contributed by atoms with Crippen LogP contribution in [0.1, 0.15) is 36.2 Å². The van der Waals surface area contributed by atoms with Gasteiger partial charge in [0.15, 0.2) is 5.96 Å². The Balaban J connectivity index is 0.00000300. The van der Waals surface area contributed by atoms with Gasteiger partial charge in [0.2, 0.25) is 0 Å². The van der Waals surface area contributed by atoms with Crippen LogP contribution < -0.4 is 15.5 Å². The second-order valence-electron chi connectivity index (χ2n) is 7.10. The normalized spacial score (nSPS) is 19.6. The average molecular weight is 530 g/mol. The Bertz CT molecular complexity index is 772. The van der Waals surface area contributed by atoms with Crippen molar-refractivity contribution >= 4 is 47.1 Å². The number of anilines is 1. The molecule has 0 bridgehead atoms. The van der Waals surface area contributed by atoms with Crippen LogP contribution in [0.15, 0.2) is 29.5 Å². The lowest BCUT2D eigenvalue weighted by molar-refractivity contribution is -0.00545. The molecule has 1 fully saturated rings. The number of hydrogen-bond acceptors (Lipinski definition) is 6. The highest BCUT2D eigenvalue weighted by Crippen LogP contribution is 2.18. The molecule has 9 heteroatoms. The van der Waals surface area contributed by atoms with Gasteiger partial charge in [0.25, 0.3) is 0 Å². The Kier molecular flexibility index (Phi) is 9.57. The van der Waals surface area contributed by atoms with E-state index in [9.17, 15) is 0 Å². The monoisotopic (exact) mass is 530 g/mol. The average Bonchev–Trinajstić information content (AvgIpc) is 3.09. The molecule has 1 aliphatic heterocycles. The van der Waals surface area contributed by atoms with Crippen LogP contribution in [0.25, 0.3) is 0 Å². The molecule has 0 aromatic carbocycles. The van der Waals surface area contributed by atoms with Crippen LogP contribution in [0, 0.1) is 6.92 Å². The van der Waals surface area contributed by atoms with Gasteiger partial charge >= 0.3 is 0 Å². The first-order chi connectivity index (χ1) is 13.5. The molecule has 0 aliphatic carbocycles. The lowest BCUT2D eigenvalue weighted by Gasteiger charge is -2.36. The Morgan fingerprint density at radius 3 is 2.55 bits per heavy atom. The zero-order valence-corrected chi connectivity index (χ0v) is 20.7. The van der Waals surface area contributed by atoms with Crippen LogP contribution in [-0.4, -0.2) is 47.8 Å². The summed E-state index contributed by atoms with van der Waals surface area (Å²) < 4.78 is 5.80. The van der Waals surface area contributed by atoms with Crippen molar-refractivity contribution in [1.82, 2.24) is 20.6 Å². The molecule has 0 spiro atoms. The van der Waals surface area contributed by atoms with E-state index in [0.29, 0.717) is 13.1 Å². The second kappa shape index (κ2) is 11.7. The predicted octanol–water partition coefficient (Wildman–Crippen LogP) is 3.33. The van der Waals surface area contributed by atoms with E-state index in [1.807, 2.05) is 12.4 Å². The minimum absolute atomic E-state index is 0. The summed E-state index contributed by atoms with van der Waals surface area (Å²) in [6.45, 7) is 12.2. The number of morpholine rings is 1. The Morgan fingerprint density at radius 1 is 1.21 bits per heavy atom. The highest BCUT2D eigenvalue weighted by Gasteiger charge is 2.22. The van der Waals surface area contributed by atoms with Crippen LogP contribution in [0.4, 0.5) is 5.82 Å². The fourth-order valence-electron chi connectivity index (χ4n) is 3.22. The first-order valence-corrected chi connectivity index (χ1v) is 10.6. The number of hydrogen-bond donors (Lipinski definition) is 2. The van der Waals surface area contributed by atoms with Gasteiger partial charge in [-0.2, -0.15) is 0 Å². The molecule has 0 amide bonds. The number of nitrogens with zero attached hydrogens (tertiary/aromatic N) is 4. The Labute approximate surface area is 194 Å². The summed E-state index contributed by atoms with van der Waals surface area (Å²) in [7, 11) is 0. The quantitative estimate of drug-likeness (QED) is 0.339. The zero-order valence-electron chi connectivity index (χ0n) is 17.5. The standard InChI is InChI=1S/C20H30N6OS.HI/c1-5-21-20(25-11-19-23-8-16(4)28-19)24-10-17-6-7-18(22-9-17)26-12-14(2)27-15(3)13-26;/h6-9,14-15H,5,10-13H2,1-4H3,(H2,21,24,25);1H. The predicted molar refractivity (Wildman–Crippen MR) is 130 cm³/mol. The van der Waals surface area contributed by atoms with E-state index < -0.39 is 0 Å². The van der Waals surface area contributed by atoms with Crippen molar-refractivity contribution in [2.24, 2.45) is 4.99 Å². The van der Waals surface area contributed by atoms with E-state index in [2.05, 4.69) is 70.3 Å². The van der Waals surface area contributed by atoms with Crippen molar-refractivity contribution in [2.75, 3.05) is 24.5 Å². The molecule has 29 heavy (non-hydrogen) atoms. The molecule has 2 atom stereocenters. The number of aromatic nitrogens is 2. The van der Waals surface area contributed by atoms with E-state index in [-0.39, 0.29) is 36.2 Å². The first kappa shape index (κ1) is 23.8. The topological polar surface area (TPSA) is 74.7 Å². The summed E-state index contributed by atoms with van der Waals surface area (Å²) in [5.74, 6) is 1.79. The molecule has 2 N–H and O–H groups in total. The molecule has 1 saturated heterocycles. The SMILES string of the molecule is CCNC(=NCc1ccc(N2CC(C)OC(C)C2)nc1)NCc1ncc(C)s1.I. The number of aryl methyl sites for hydroxylation is 1. The zero-order chi connectivity index (χ0) is 19.9. The molecular formula is C20H31IN6OS. The van der Waals surface area contributed by atoms with Gasteiger partial charge in [0.1, 0.15) is 10.8 Å². The molecular weight excluding hydrogens is 499 g/mol. The van der Waals surface area contributed by atoms with E-state index in [1.54, 1.807) is 11.3 Å². The molecule has 2 aromatic heterocycles. The first-order valence-electron chi connectivity index (χ1n) is 9.82. The van der Waals surface area contributed by atoms with Crippen LogP contribution in [-0.2, 0) is 17.8 Å². The third-order valence-electron chi connectivity index (χ3n) is 4.39. The molecule has 2 aromatic rings. The molecule has 3 heterocycles. The lowest BCUT2D eigenvalue weighted by Crippen LogP contribution is -2.45. The number of aliphatic imine (C=N–C) groups is 1. The molecule has 2 unspecified atom stereocenters. The van der Waals surface area contributed by atoms with Crippen LogP contribution in [0.2, 0.25) is 0 Å². The number of nitrogens with one attached hydrogen (secondary N) is 2. The van der Waals surface area contributed by atoms with Gasteiger partial charge in [-0.15, -0.1) is 35.3 Å². The van der Waals surface area contributed by atoms with Crippen LogP contribution >= 0.6 is 35.3 Å². The molecule has 0 radical (unpaired) electrons. The van der Waals surface area contributed by atoms with E-state index in [1.165, 1.54) is 4.88 Å². The van der Waals surface area contributed by atoms with Crippen LogP contribution in [0.5, 0.6) is 0 Å². The van der Waals surface area contributed by atoms with Gasteiger partial charge in [0, 0.05) is 36.9 Å². The summed E-state index contributed by atoms with van der Waals surface area (Å²) in [5, 5.41) is 7.67. The fourth-order valence-corrected chi connectivity index (χ4v) is 3.94. The smallest absolute Gasteiger partial charge is 0.191 e. The van der Waals surface area contributed by atoms with Gasteiger partial charge in [-0.05, 0) is 39.3 Å². The lowest BCUT2D eigenvalue weighted by atomic mass is 10.2. The largest absolute Gasteiger partial charge is 0.372 e. The molecule has 3 rings (SSSR count). The van der Waals surface area contributed by atoms with Gasteiger partial charge in [-0.3, -0.25) is 0 Å². The third-order valence-corrected chi connectivity index (χ3v) is 5.31. The highest BCUT2D eigenvalue weighted by molar-refractivity contribution is 14.0.